The van der Waals surface area contributed by atoms with Crippen molar-refractivity contribution in [3.8, 4) is 0 Å². The normalized spacial score (nSPS) is 15.5. The van der Waals surface area contributed by atoms with E-state index in [1.54, 1.807) is 7.11 Å². The topological polar surface area (TPSA) is 102 Å². The molecular formula is C14H23N5O3. The summed E-state index contributed by atoms with van der Waals surface area (Å²) in [5.74, 6) is 0.565. The maximum absolute atomic E-state index is 11.4. The zero-order chi connectivity index (χ0) is 15.8. The molecule has 1 saturated carbocycles. The number of hydrogen-bond acceptors (Lipinski definition) is 7. The van der Waals surface area contributed by atoms with E-state index in [9.17, 15) is 10.1 Å². The molecule has 2 N–H and O–H groups in total. The van der Waals surface area contributed by atoms with Crippen LogP contribution in [0.2, 0.25) is 0 Å². The molecule has 0 unspecified atom stereocenters. The predicted octanol–water partition coefficient (Wildman–Crippen LogP) is 2.58. The van der Waals surface area contributed by atoms with E-state index in [0.29, 0.717) is 19.0 Å². The Kier molecular flexibility index (Phi) is 6.32. The summed E-state index contributed by atoms with van der Waals surface area (Å²) in [6.45, 7) is 1.16. The van der Waals surface area contributed by atoms with Gasteiger partial charge in [-0.1, -0.05) is 19.3 Å². The lowest BCUT2D eigenvalue weighted by Crippen LogP contribution is -2.24. The van der Waals surface area contributed by atoms with E-state index in [0.717, 1.165) is 32.1 Å². The zero-order valence-corrected chi connectivity index (χ0v) is 12.9. The molecule has 0 aliphatic heterocycles. The van der Waals surface area contributed by atoms with Crippen LogP contribution in [0.3, 0.4) is 0 Å². The number of aromatic nitrogens is 2. The van der Waals surface area contributed by atoms with Gasteiger partial charge in [-0.25, -0.2) is 9.97 Å². The number of ether oxygens (including phenoxy) is 1. The van der Waals surface area contributed by atoms with Crippen LogP contribution in [0.15, 0.2) is 6.33 Å². The van der Waals surface area contributed by atoms with Gasteiger partial charge in [0.1, 0.15) is 6.33 Å². The fourth-order valence-corrected chi connectivity index (χ4v) is 2.65. The second-order valence-electron chi connectivity index (χ2n) is 5.43. The highest BCUT2D eigenvalue weighted by Gasteiger charge is 2.25. The third-order valence-corrected chi connectivity index (χ3v) is 3.77. The minimum absolute atomic E-state index is 0.0782. The van der Waals surface area contributed by atoms with E-state index < -0.39 is 4.92 Å². The van der Waals surface area contributed by atoms with Gasteiger partial charge in [0, 0.05) is 26.3 Å². The van der Waals surface area contributed by atoms with Crippen molar-refractivity contribution in [1.82, 2.24) is 9.97 Å². The number of nitrogens with one attached hydrogen (secondary N) is 2. The quantitative estimate of drug-likeness (QED) is 0.432. The first-order chi connectivity index (χ1) is 10.7. The molecule has 1 aliphatic carbocycles. The highest BCUT2D eigenvalue weighted by molar-refractivity contribution is 5.69. The number of nitro groups is 1. The first-order valence-electron chi connectivity index (χ1n) is 7.71. The van der Waals surface area contributed by atoms with Crippen molar-refractivity contribution in [1.29, 1.82) is 0 Å². The Morgan fingerprint density at radius 3 is 2.73 bits per heavy atom. The van der Waals surface area contributed by atoms with Crippen LogP contribution in [-0.2, 0) is 4.74 Å². The largest absolute Gasteiger partial charge is 0.385 e. The van der Waals surface area contributed by atoms with Gasteiger partial charge in [0.2, 0.25) is 11.6 Å². The Bertz CT molecular complexity index is 491. The number of nitrogens with zero attached hydrogens (tertiary/aromatic N) is 3. The van der Waals surface area contributed by atoms with Gasteiger partial charge < -0.3 is 15.4 Å². The summed E-state index contributed by atoms with van der Waals surface area (Å²) in [6, 6.07) is 0.253. The number of methoxy groups -OCH3 is 1. The molecule has 1 aliphatic rings. The summed E-state index contributed by atoms with van der Waals surface area (Å²) < 4.78 is 4.96. The Balaban J connectivity index is 2.09. The number of anilines is 2. The van der Waals surface area contributed by atoms with Gasteiger partial charge >= 0.3 is 5.69 Å². The van der Waals surface area contributed by atoms with Gasteiger partial charge in [-0.15, -0.1) is 0 Å². The molecule has 0 atom stereocenters. The molecule has 8 heteroatoms. The molecule has 22 heavy (non-hydrogen) atoms. The van der Waals surface area contributed by atoms with Crippen LogP contribution in [-0.4, -0.2) is 41.2 Å². The fourth-order valence-electron chi connectivity index (χ4n) is 2.65. The molecule has 0 spiro atoms. The molecule has 1 aromatic rings. The monoisotopic (exact) mass is 309 g/mol. The lowest BCUT2D eigenvalue weighted by Gasteiger charge is -2.23. The van der Waals surface area contributed by atoms with E-state index in [1.165, 1.54) is 12.7 Å². The van der Waals surface area contributed by atoms with Crippen LogP contribution >= 0.6 is 0 Å². The molecule has 2 rings (SSSR count). The molecule has 0 saturated heterocycles. The Morgan fingerprint density at radius 1 is 1.32 bits per heavy atom. The molecule has 8 nitrogen and oxygen atoms in total. The fraction of sp³-hybridized carbons (Fsp3) is 0.714. The minimum Gasteiger partial charge on any atom is -0.385 e. The Hall–Kier alpha value is -1.96. The van der Waals surface area contributed by atoms with E-state index in [1.807, 2.05) is 0 Å². The summed E-state index contributed by atoms with van der Waals surface area (Å²) in [6.07, 6.45) is 7.70. The molecule has 0 aromatic carbocycles. The van der Waals surface area contributed by atoms with Gasteiger partial charge in [-0.2, -0.15) is 0 Å². The smallest absolute Gasteiger partial charge is 0.353 e. The van der Waals surface area contributed by atoms with E-state index in [4.69, 9.17) is 4.74 Å². The van der Waals surface area contributed by atoms with Gasteiger partial charge in [0.15, 0.2) is 0 Å². The molecule has 0 radical (unpaired) electrons. The molecular weight excluding hydrogens is 286 g/mol. The van der Waals surface area contributed by atoms with Crippen molar-refractivity contribution in [3.05, 3.63) is 16.4 Å². The van der Waals surface area contributed by atoms with Gasteiger partial charge in [-0.3, -0.25) is 10.1 Å². The minimum atomic E-state index is -0.427. The molecule has 122 valence electrons. The summed E-state index contributed by atoms with van der Waals surface area (Å²) in [7, 11) is 1.62. The SMILES string of the molecule is COCCCNc1ncnc(NC2CCCCC2)c1[N+](=O)[O-]. The standard InChI is InChI=1S/C14H23N5O3/c1-22-9-5-8-15-13-12(19(20)21)14(17-10-16-13)18-11-6-3-2-4-7-11/h10-11H,2-9H2,1H3,(H2,15,16,17,18). The first-order valence-corrected chi connectivity index (χ1v) is 7.71. The second kappa shape index (κ2) is 8.47. The molecule has 0 bridgehead atoms. The number of rotatable bonds is 8. The van der Waals surface area contributed by atoms with Gasteiger partial charge in [0.25, 0.3) is 0 Å². The van der Waals surface area contributed by atoms with Crippen LogP contribution < -0.4 is 10.6 Å². The van der Waals surface area contributed by atoms with E-state index in [2.05, 4.69) is 20.6 Å². The highest BCUT2D eigenvalue weighted by atomic mass is 16.6. The first kappa shape index (κ1) is 16.4. The van der Waals surface area contributed by atoms with Crippen molar-refractivity contribution in [3.63, 3.8) is 0 Å². The summed E-state index contributed by atoms with van der Waals surface area (Å²) in [5.41, 5.74) is -0.0782. The molecule has 0 amide bonds. The maximum Gasteiger partial charge on any atom is 0.353 e. The van der Waals surface area contributed by atoms with Gasteiger partial charge in [-0.05, 0) is 19.3 Å². The lowest BCUT2D eigenvalue weighted by atomic mass is 9.95. The summed E-state index contributed by atoms with van der Waals surface area (Å²) in [5, 5.41) is 17.6. The van der Waals surface area contributed by atoms with Crippen LogP contribution in [0.4, 0.5) is 17.3 Å². The third-order valence-electron chi connectivity index (χ3n) is 3.77. The predicted molar refractivity (Wildman–Crippen MR) is 84.2 cm³/mol. The lowest BCUT2D eigenvalue weighted by molar-refractivity contribution is -0.383. The van der Waals surface area contributed by atoms with Crippen molar-refractivity contribution in [2.24, 2.45) is 0 Å². The Labute approximate surface area is 129 Å². The van der Waals surface area contributed by atoms with Crippen molar-refractivity contribution >= 4 is 17.3 Å². The molecule has 1 aromatic heterocycles. The van der Waals surface area contributed by atoms with Crippen LogP contribution in [0.1, 0.15) is 38.5 Å². The van der Waals surface area contributed by atoms with Crippen molar-refractivity contribution in [2.75, 3.05) is 30.9 Å². The maximum atomic E-state index is 11.4. The third kappa shape index (κ3) is 4.52. The molecule has 1 fully saturated rings. The number of hydrogen-bond donors (Lipinski definition) is 2. The molecule has 1 heterocycles. The van der Waals surface area contributed by atoms with Gasteiger partial charge in [0.05, 0.1) is 4.92 Å². The van der Waals surface area contributed by atoms with Crippen molar-refractivity contribution < 1.29 is 9.66 Å². The summed E-state index contributed by atoms with van der Waals surface area (Å²) >= 11 is 0. The zero-order valence-electron chi connectivity index (χ0n) is 12.9. The Morgan fingerprint density at radius 2 is 2.05 bits per heavy atom. The van der Waals surface area contributed by atoms with E-state index >= 15 is 0 Å². The summed E-state index contributed by atoms with van der Waals surface area (Å²) in [4.78, 5) is 19.0. The van der Waals surface area contributed by atoms with E-state index in [-0.39, 0.29) is 17.5 Å². The second-order valence-corrected chi connectivity index (χ2v) is 5.43. The average molecular weight is 309 g/mol. The van der Waals surface area contributed by atoms with Crippen molar-refractivity contribution in [2.45, 2.75) is 44.6 Å². The van der Waals surface area contributed by atoms with Crippen LogP contribution in [0.5, 0.6) is 0 Å². The highest BCUT2D eigenvalue weighted by Crippen LogP contribution is 2.31. The van der Waals surface area contributed by atoms with Crippen LogP contribution in [0.25, 0.3) is 0 Å². The van der Waals surface area contributed by atoms with Crippen LogP contribution in [0, 0.1) is 10.1 Å². The average Bonchev–Trinajstić information content (AvgIpc) is 2.52.